The fraction of sp³-hybridized carbons (Fsp3) is 0.304. The highest BCUT2D eigenvalue weighted by molar-refractivity contribution is 14.1. The summed E-state index contributed by atoms with van der Waals surface area (Å²) in [5.41, 5.74) is 2.89. The van der Waals surface area contributed by atoms with E-state index in [1.807, 2.05) is 50.2 Å². The monoisotopic (exact) mass is 505 g/mol. The Labute approximate surface area is 184 Å². The molecule has 1 heterocycles. The van der Waals surface area contributed by atoms with Crippen LogP contribution < -0.4 is 9.47 Å². The van der Waals surface area contributed by atoms with Gasteiger partial charge in [0.15, 0.2) is 17.2 Å². The molecule has 0 saturated carbocycles. The quantitative estimate of drug-likeness (QED) is 0.205. The summed E-state index contributed by atoms with van der Waals surface area (Å²) in [5.74, 6) is 1.27. The lowest BCUT2D eigenvalue weighted by Crippen LogP contribution is -2.06. The van der Waals surface area contributed by atoms with Crippen molar-refractivity contribution in [2.24, 2.45) is 4.99 Å². The Morgan fingerprint density at radius 1 is 1.17 bits per heavy atom. The Hall–Kier alpha value is -2.35. The lowest BCUT2D eigenvalue weighted by molar-refractivity contribution is -0.129. The van der Waals surface area contributed by atoms with Gasteiger partial charge in [-0.3, -0.25) is 0 Å². The minimum Gasteiger partial charge on any atom is -0.490 e. The van der Waals surface area contributed by atoms with E-state index in [2.05, 4.69) is 34.5 Å². The third-order valence-electron chi connectivity index (χ3n) is 4.38. The van der Waals surface area contributed by atoms with Crippen molar-refractivity contribution in [3.05, 3.63) is 62.4 Å². The van der Waals surface area contributed by atoms with E-state index in [0.29, 0.717) is 24.9 Å². The van der Waals surface area contributed by atoms with Crippen molar-refractivity contribution in [2.45, 2.75) is 33.6 Å². The number of carbonyl (C=O) groups excluding carboxylic acids is 1. The molecule has 0 N–H and O–H groups in total. The van der Waals surface area contributed by atoms with E-state index in [9.17, 15) is 4.79 Å². The van der Waals surface area contributed by atoms with Crippen LogP contribution in [0.2, 0.25) is 0 Å². The number of carbonyl (C=O) groups is 1. The molecule has 0 unspecified atom stereocenters. The van der Waals surface area contributed by atoms with Crippen molar-refractivity contribution in [2.75, 3.05) is 13.2 Å². The zero-order valence-electron chi connectivity index (χ0n) is 16.8. The molecule has 0 spiro atoms. The van der Waals surface area contributed by atoms with Crippen LogP contribution in [-0.4, -0.2) is 25.1 Å². The smallest absolute Gasteiger partial charge is 0.363 e. The lowest BCUT2D eigenvalue weighted by atomic mass is 10.1. The minimum absolute atomic E-state index is 0.265. The van der Waals surface area contributed by atoms with Gasteiger partial charge >= 0.3 is 5.97 Å². The Bertz CT molecular complexity index is 965. The van der Waals surface area contributed by atoms with Crippen molar-refractivity contribution < 1.29 is 19.0 Å². The second-order valence-electron chi connectivity index (χ2n) is 6.62. The zero-order chi connectivity index (χ0) is 20.8. The maximum Gasteiger partial charge on any atom is 0.363 e. The van der Waals surface area contributed by atoms with E-state index in [0.717, 1.165) is 38.9 Å². The molecule has 0 radical (unpaired) electrons. The molecule has 2 aromatic carbocycles. The van der Waals surface area contributed by atoms with Gasteiger partial charge < -0.3 is 14.2 Å². The predicted molar refractivity (Wildman–Crippen MR) is 123 cm³/mol. The molecule has 29 heavy (non-hydrogen) atoms. The molecule has 0 aliphatic carbocycles. The molecule has 0 saturated heterocycles. The van der Waals surface area contributed by atoms with E-state index in [1.54, 1.807) is 6.08 Å². The topological polar surface area (TPSA) is 57.1 Å². The van der Waals surface area contributed by atoms with Gasteiger partial charge in [0.05, 0.1) is 16.8 Å². The molecule has 152 valence electrons. The third kappa shape index (κ3) is 5.18. The number of ether oxygens (including phenoxy) is 3. The number of cyclic esters (lactones) is 1. The molecule has 1 aliphatic rings. The molecule has 5 nitrogen and oxygen atoms in total. The standard InChI is InChI=1S/C23H24INO4/c1-4-6-11-28-21-18(24)12-16(14-20(21)27-5-2)13-19-23(26)29-22(25-19)17-10-8-7-9-15(17)3/h7-10,12-14H,4-6,11H2,1-3H3/b19-13-. The number of benzene rings is 2. The highest BCUT2D eigenvalue weighted by Crippen LogP contribution is 2.35. The van der Waals surface area contributed by atoms with Crippen LogP contribution in [0.1, 0.15) is 43.4 Å². The van der Waals surface area contributed by atoms with Crippen LogP contribution in [0.3, 0.4) is 0 Å². The third-order valence-corrected chi connectivity index (χ3v) is 5.18. The summed E-state index contributed by atoms with van der Waals surface area (Å²) in [7, 11) is 0. The van der Waals surface area contributed by atoms with Gasteiger partial charge in [0.25, 0.3) is 0 Å². The van der Waals surface area contributed by atoms with Gasteiger partial charge in [-0.2, -0.15) is 0 Å². The van der Waals surface area contributed by atoms with Crippen LogP contribution in [0.5, 0.6) is 11.5 Å². The Kier molecular flexibility index (Phi) is 7.30. The number of unbranched alkanes of at least 4 members (excludes halogenated alkanes) is 1. The van der Waals surface area contributed by atoms with Crippen molar-refractivity contribution in [3.63, 3.8) is 0 Å². The van der Waals surface area contributed by atoms with Crippen LogP contribution in [0, 0.1) is 10.5 Å². The number of rotatable bonds is 8. The largest absolute Gasteiger partial charge is 0.490 e. The maximum atomic E-state index is 12.3. The van der Waals surface area contributed by atoms with E-state index in [4.69, 9.17) is 14.2 Å². The van der Waals surface area contributed by atoms with Crippen molar-refractivity contribution in [1.29, 1.82) is 0 Å². The maximum absolute atomic E-state index is 12.3. The summed E-state index contributed by atoms with van der Waals surface area (Å²) in [5, 5.41) is 0. The summed E-state index contributed by atoms with van der Waals surface area (Å²) >= 11 is 2.23. The van der Waals surface area contributed by atoms with E-state index in [1.165, 1.54) is 0 Å². The predicted octanol–water partition coefficient (Wildman–Crippen LogP) is 5.52. The number of halogens is 1. The first-order valence-electron chi connectivity index (χ1n) is 9.71. The van der Waals surface area contributed by atoms with E-state index >= 15 is 0 Å². The molecule has 1 aliphatic heterocycles. The van der Waals surface area contributed by atoms with Gasteiger partial charge in [-0.15, -0.1) is 0 Å². The minimum atomic E-state index is -0.459. The molecule has 0 aromatic heterocycles. The number of nitrogens with zero attached hydrogens (tertiary/aromatic N) is 1. The summed E-state index contributed by atoms with van der Waals surface area (Å²) in [6, 6.07) is 11.5. The van der Waals surface area contributed by atoms with Gasteiger partial charge in [-0.25, -0.2) is 9.79 Å². The Morgan fingerprint density at radius 3 is 2.69 bits per heavy atom. The molecule has 3 rings (SSSR count). The summed E-state index contributed by atoms with van der Waals surface area (Å²) in [4.78, 5) is 16.8. The number of esters is 1. The molecular weight excluding hydrogens is 481 g/mol. The van der Waals surface area contributed by atoms with Crippen LogP contribution in [0.4, 0.5) is 0 Å². The number of aryl methyl sites for hydroxylation is 1. The first-order chi connectivity index (χ1) is 14.0. The SMILES string of the molecule is CCCCOc1c(I)cc(/C=C2\N=C(c3ccccc3C)OC2=O)cc1OCC. The Balaban J connectivity index is 1.93. The highest BCUT2D eigenvalue weighted by atomic mass is 127. The molecular formula is C23H24INO4. The summed E-state index contributed by atoms with van der Waals surface area (Å²) in [6.07, 6.45) is 3.76. The molecule has 6 heteroatoms. The van der Waals surface area contributed by atoms with Crippen LogP contribution >= 0.6 is 22.6 Å². The fourth-order valence-electron chi connectivity index (χ4n) is 2.89. The normalized spacial score (nSPS) is 14.7. The highest BCUT2D eigenvalue weighted by Gasteiger charge is 2.25. The van der Waals surface area contributed by atoms with Crippen molar-refractivity contribution in [1.82, 2.24) is 0 Å². The second kappa shape index (κ2) is 9.91. The molecule has 0 fully saturated rings. The van der Waals surface area contributed by atoms with Crippen LogP contribution in [0.25, 0.3) is 6.08 Å². The lowest BCUT2D eigenvalue weighted by Gasteiger charge is -2.14. The van der Waals surface area contributed by atoms with Gasteiger partial charge in [0, 0.05) is 5.56 Å². The summed E-state index contributed by atoms with van der Waals surface area (Å²) < 4.78 is 18.0. The zero-order valence-corrected chi connectivity index (χ0v) is 19.0. The molecule has 0 bridgehead atoms. The average molecular weight is 505 g/mol. The molecule has 0 amide bonds. The van der Waals surface area contributed by atoms with E-state index in [-0.39, 0.29) is 5.70 Å². The van der Waals surface area contributed by atoms with Gasteiger partial charge in [0.1, 0.15) is 0 Å². The van der Waals surface area contributed by atoms with Gasteiger partial charge in [-0.1, -0.05) is 31.5 Å². The fourth-order valence-corrected chi connectivity index (χ4v) is 3.67. The number of hydrogen-bond acceptors (Lipinski definition) is 5. The van der Waals surface area contributed by atoms with E-state index < -0.39 is 5.97 Å². The average Bonchev–Trinajstić information content (AvgIpc) is 3.04. The van der Waals surface area contributed by atoms with Gasteiger partial charge in [0.2, 0.25) is 5.90 Å². The van der Waals surface area contributed by atoms with Gasteiger partial charge in [-0.05, 0) is 78.3 Å². The number of aliphatic imine (C=N–C) groups is 1. The molecule has 2 aromatic rings. The number of hydrogen-bond donors (Lipinski definition) is 0. The second-order valence-corrected chi connectivity index (χ2v) is 7.78. The summed E-state index contributed by atoms with van der Waals surface area (Å²) in [6.45, 7) is 7.18. The first kappa shape index (κ1) is 21.4. The van der Waals surface area contributed by atoms with Crippen LogP contribution in [-0.2, 0) is 9.53 Å². The Morgan fingerprint density at radius 2 is 1.97 bits per heavy atom. The first-order valence-corrected chi connectivity index (χ1v) is 10.8. The molecule has 0 atom stereocenters. The van der Waals surface area contributed by atoms with Crippen LogP contribution in [0.15, 0.2) is 47.1 Å². The van der Waals surface area contributed by atoms with Crippen molar-refractivity contribution in [3.8, 4) is 11.5 Å². The van der Waals surface area contributed by atoms with Crippen molar-refractivity contribution >= 4 is 40.5 Å².